The van der Waals surface area contributed by atoms with Gasteiger partial charge in [-0.2, -0.15) is 0 Å². The molecule has 1 spiro atoms. The Morgan fingerprint density at radius 3 is 2.40 bits per heavy atom. The van der Waals surface area contributed by atoms with Crippen LogP contribution in [0.3, 0.4) is 0 Å². The summed E-state index contributed by atoms with van der Waals surface area (Å²) in [5.41, 5.74) is 8.90. The maximum absolute atomic E-state index is 12.6. The van der Waals surface area contributed by atoms with Crippen molar-refractivity contribution < 1.29 is 4.79 Å². The minimum atomic E-state index is 0.168. The van der Waals surface area contributed by atoms with Crippen molar-refractivity contribution in [2.45, 2.75) is 45.4 Å². The highest BCUT2D eigenvalue weighted by Gasteiger charge is 2.38. The van der Waals surface area contributed by atoms with Gasteiger partial charge >= 0.3 is 0 Å². The van der Waals surface area contributed by atoms with Crippen molar-refractivity contribution in [1.29, 1.82) is 0 Å². The lowest BCUT2D eigenvalue weighted by atomic mass is 9.77. The number of likely N-dealkylation sites (tertiary alicyclic amines) is 1. The first kappa shape index (κ1) is 13.5. The average molecular weight is 272 g/mol. The van der Waals surface area contributed by atoms with Crippen LogP contribution in [0.2, 0.25) is 0 Å². The fourth-order valence-corrected chi connectivity index (χ4v) is 3.80. The van der Waals surface area contributed by atoms with Gasteiger partial charge in [-0.3, -0.25) is 4.79 Å². The second-order valence-corrected chi connectivity index (χ2v) is 6.57. The number of rotatable bonds is 1. The Balaban J connectivity index is 1.68. The van der Waals surface area contributed by atoms with E-state index in [1.807, 2.05) is 30.0 Å². The number of nitrogens with two attached hydrogens (primary N) is 1. The summed E-state index contributed by atoms with van der Waals surface area (Å²) >= 11 is 0. The maximum Gasteiger partial charge on any atom is 0.253 e. The highest BCUT2D eigenvalue weighted by atomic mass is 16.2. The molecule has 0 unspecified atom stereocenters. The van der Waals surface area contributed by atoms with Gasteiger partial charge < -0.3 is 10.6 Å². The number of carbonyl (C=O) groups is 1. The standard InChI is InChI=1S/C17H24N2O/c1-13-12-14(4-5-15(13)18)16(20)19-10-8-17(9-11-19)6-2-3-7-17/h4-5,12H,2-3,6-11,18H2,1H3. The van der Waals surface area contributed by atoms with Crippen LogP contribution in [0.25, 0.3) is 0 Å². The summed E-state index contributed by atoms with van der Waals surface area (Å²) in [5.74, 6) is 0.168. The van der Waals surface area contributed by atoms with E-state index in [1.165, 1.54) is 38.5 Å². The maximum atomic E-state index is 12.6. The van der Waals surface area contributed by atoms with Gasteiger partial charge in [0.25, 0.3) is 5.91 Å². The zero-order chi connectivity index (χ0) is 14.2. The molecule has 1 aliphatic heterocycles. The molecule has 0 radical (unpaired) electrons. The Bertz CT molecular complexity index is 508. The molecule has 0 aromatic heterocycles. The number of nitrogen functional groups attached to an aromatic ring is 1. The first-order chi connectivity index (χ1) is 9.60. The number of carbonyl (C=O) groups excluding carboxylic acids is 1. The molecule has 1 saturated carbocycles. The Morgan fingerprint density at radius 2 is 1.80 bits per heavy atom. The summed E-state index contributed by atoms with van der Waals surface area (Å²) < 4.78 is 0. The van der Waals surface area contributed by atoms with E-state index >= 15 is 0 Å². The number of aryl methyl sites for hydroxylation is 1. The first-order valence-electron chi connectivity index (χ1n) is 7.75. The topological polar surface area (TPSA) is 46.3 Å². The summed E-state index contributed by atoms with van der Waals surface area (Å²) in [6, 6.07) is 5.60. The minimum Gasteiger partial charge on any atom is -0.399 e. The molecular formula is C17H24N2O. The van der Waals surface area contributed by atoms with Gasteiger partial charge in [0.15, 0.2) is 0 Å². The number of anilines is 1. The first-order valence-corrected chi connectivity index (χ1v) is 7.75. The lowest BCUT2D eigenvalue weighted by molar-refractivity contribution is 0.0587. The van der Waals surface area contributed by atoms with Crippen molar-refractivity contribution in [2.75, 3.05) is 18.8 Å². The van der Waals surface area contributed by atoms with Gasteiger partial charge in [0.2, 0.25) is 0 Å². The van der Waals surface area contributed by atoms with E-state index in [0.717, 1.165) is 29.9 Å². The van der Waals surface area contributed by atoms with Gasteiger partial charge in [-0.1, -0.05) is 12.8 Å². The summed E-state index contributed by atoms with van der Waals surface area (Å²) in [6.45, 7) is 3.79. The van der Waals surface area contributed by atoms with Gasteiger partial charge in [0.05, 0.1) is 0 Å². The molecule has 1 aromatic rings. The van der Waals surface area contributed by atoms with E-state index in [9.17, 15) is 4.79 Å². The van der Waals surface area contributed by atoms with Gasteiger partial charge in [0.1, 0.15) is 0 Å². The third kappa shape index (κ3) is 2.41. The highest BCUT2D eigenvalue weighted by molar-refractivity contribution is 5.95. The van der Waals surface area contributed by atoms with E-state index in [4.69, 9.17) is 5.73 Å². The van der Waals surface area contributed by atoms with Crippen LogP contribution in [0.15, 0.2) is 18.2 Å². The number of nitrogens with zero attached hydrogens (tertiary/aromatic N) is 1. The van der Waals surface area contributed by atoms with Crippen molar-refractivity contribution in [3.05, 3.63) is 29.3 Å². The van der Waals surface area contributed by atoms with Crippen molar-refractivity contribution in [3.63, 3.8) is 0 Å². The second kappa shape index (κ2) is 5.12. The van der Waals surface area contributed by atoms with Crippen molar-refractivity contribution in [2.24, 2.45) is 5.41 Å². The molecule has 0 atom stereocenters. The quantitative estimate of drug-likeness (QED) is 0.797. The Labute approximate surface area is 121 Å². The number of benzene rings is 1. The second-order valence-electron chi connectivity index (χ2n) is 6.57. The molecule has 20 heavy (non-hydrogen) atoms. The largest absolute Gasteiger partial charge is 0.399 e. The van der Waals surface area contributed by atoms with Crippen LogP contribution >= 0.6 is 0 Å². The molecule has 3 heteroatoms. The molecule has 2 fully saturated rings. The van der Waals surface area contributed by atoms with E-state index in [0.29, 0.717) is 5.41 Å². The molecule has 1 aliphatic carbocycles. The molecule has 3 nitrogen and oxygen atoms in total. The lowest BCUT2D eigenvalue weighted by Gasteiger charge is -2.39. The van der Waals surface area contributed by atoms with Gasteiger partial charge in [-0.15, -0.1) is 0 Å². The normalized spacial score (nSPS) is 21.4. The van der Waals surface area contributed by atoms with E-state index in [2.05, 4.69) is 0 Å². The van der Waals surface area contributed by atoms with Crippen LogP contribution in [0.1, 0.15) is 54.4 Å². The molecule has 1 aromatic carbocycles. The van der Waals surface area contributed by atoms with Crippen LogP contribution in [-0.2, 0) is 0 Å². The molecule has 1 heterocycles. The smallest absolute Gasteiger partial charge is 0.253 e. The monoisotopic (exact) mass is 272 g/mol. The van der Waals surface area contributed by atoms with Crippen molar-refractivity contribution >= 4 is 11.6 Å². The van der Waals surface area contributed by atoms with E-state index < -0.39 is 0 Å². The molecule has 1 amide bonds. The predicted octanol–water partition coefficient (Wildman–Crippen LogP) is 3.37. The van der Waals surface area contributed by atoms with Crippen LogP contribution in [-0.4, -0.2) is 23.9 Å². The van der Waals surface area contributed by atoms with Crippen LogP contribution in [0.5, 0.6) is 0 Å². The molecule has 108 valence electrons. The Morgan fingerprint density at radius 1 is 1.15 bits per heavy atom. The molecule has 3 rings (SSSR count). The average Bonchev–Trinajstić information content (AvgIpc) is 2.90. The molecule has 2 N–H and O–H groups in total. The summed E-state index contributed by atoms with van der Waals surface area (Å²) in [5, 5.41) is 0. The lowest BCUT2D eigenvalue weighted by Crippen LogP contribution is -2.42. The third-order valence-electron chi connectivity index (χ3n) is 5.29. The highest BCUT2D eigenvalue weighted by Crippen LogP contribution is 2.46. The van der Waals surface area contributed by atoms with Crippen molar-refractivity contribution in [3.8, 4) is 0 Å². The van der Waals surface area contributed by atoms with Crippen molar-refractivity contribution in [1.82, 2.24) is 4.90 Å². The fourth-order valence-electron chi connectivity index (χ4n) is 3.80. The zero-order valence-corrected chi connectivity index (χ0v) is 12.3. The van der Waals surface area contributed by atoms with Crippen LogP contribution in [0, 0.1) is 12.3 Å². The third-order valence-corrected chi connectivity index (χ3v) is 5.29. The molecule has 1 saturated heterocycles. The zero-order valence-electron chi connectivity index (χ0n) is 12.3. The van der Waals surface area contributed by atoms with Gasteiger partial charge in [-0.25, -0.2) is 0 Å². The summed E-state index contributed by atoms with van der Waals surface area (Å²) in [4.78, 5) is 14.6. The molecule has 0 bridgehead atoms. The molecular weight excluding hydrogens is 248 g/mol. The van der Waals surface area contributed by atoms with E-state index in [1.54, 1.807) is 0 Å². The molecule has 2 aliphatic rings. The number of hydrogen-bond acceptors (Lipinski definition) is 2. The number of piperidine rings is 1. The van der Waals surface area contributed by atoms with Gasteiger partial charge in [-0.05, 0) is 61.8 Å². The van der Waals surface area contributed by atoms with E-state index in [-0.39, 0.29) is 5.91 Å². The van der Waals surface area contributed by atoms with Crippen LogP contribution in [0.4, 0.5) is 5.69 Å². The SMILES string of the molecule is Cc1cc(C(=O)N2CCC3(CCCC3)CC2)ccc1N. The minimum absolute atomic E-state index is 0.168. The Hall–Kier alpha value is -1.51. The predicted molar refractivity (Wildman–Crippen MR) is 81.6 cm³/mol. The Kier molecular flexibility index (Phi) is 3.45. The number of hydrogen-bond donors (Lipinski definition) is 1. The summed E-state index contributed by atoms with van der Waals surface area (Å²) in [6.07, 6.45) is 7.88. The van der Waals surface area contributed by atoms with Gasteiger partial charge in [0, 0.05) is 24.3 Å². The van der Waals surface area contributed by atoms with Crippen LogP contribution < -0.4 is 5.73 Å². The fraction of sp³-hybridized carbons (Fsp3) is 0.588. The number of amides is 1. The summed E-state index contributed by atoms with van der Waals surface area (Å²) in [7, 11) is 0.